The van der Waals surface area contributed by atoms with Crippen LogP contribution in [0.2, 0.25) is 0 Å². The summed E-state index contributed by atoms with van der Waals surface area (Å²) in [5, 5.41) is 7.91. The lowest BCUT2D eigenvalue weighted by Crippen LogP contribution is -2.54. The second-order valence-electron chi connectivity index (χ2n) is 9.68. The van der Waals surface area contributed by atoms with E-state index in [4.69, 9.17) is 0 Å². The zero-order valence-corrected chi connectivity index (χ0v) is 19.0. The zero-order valence-electron chi connectivity index (χ0n) is 18.2. The predicted molar refractivity (Wildman–Crippen MR) is 121 cm³/mol. The molecule has 2 N–H and O–H groups in total. The Bertz CT molecular complexity index is 973. The van der Waals surface area contributed by atoms with Gasteiger partial charge in [0.1, 0.15) is 12.1 Å². The van der Waals surface area contributed by atoms with Crippen molar-refractivity contribution in [2.45, 2.75) is 51.6 Å². The maximum absolute atomic E-state index is 13.3. The van der Waals surface area contributed by atoms with E-state index in [1.165, 1.54) is 0 Å². The van der Waals surface area contributed by atoms with E-state index in [2.05, 4.69) is 31.4 Å². The molecule has 0 radical (unpaired) electrons. The molecule has 3 unspecified atom stereocenters. The van der Waals surface area contributed by atoms with E-state index in [0.717, 1.165) is 21.8 Å². The fourth-order valence-electron chi connectivity index (χ4n) is 5.42. The summed E-state index contributed by atoms with van der Waals surface area (Å²) >= 11 is 1.55. The Labute approximate surface area is 187 Å². The lowest BCUT2D eigenvalue weighted by atomic mass is 9.64. The molecule has 1 spiro atoms. The molecule has 2 aliphatic rings. The molecule has 2 aromatic rings. The minimum absolute atomic E-state index is 0.0452. The number of thiophene rings is 1. The molecule has 1 aliphatic carbocycles. The summed E-state index contributed by atoms with van der Waals surface area (Å²) in [6, 6.07) is 12.8. The standard InChI is InChI=1S/C24H29N3O3S/c1-16-12-23(2,3)15-24(13-16)21(29)27(22(30)26-24)14-19(28)25-20(18-10-7-11-31-18)17-8-5-4-6-9-17/h4-11,16,20H,12-15H2,1-3H3,(H,25,28)(H,26,30). The SMILES string of the molecule is CC1CC(C)(C)CC2(C1)NC(=O)N(CC(=O)NC(c1ccccc1)c1cccs1)C2=O. The summed E-state index contributed by atoms with van der Waals surface area (Å²) in [5.41, 5.74) is 0.0107. The molecule has 2 heterocycles. The largest absolute Gasteiger partial charge is 0.343 e. The van der Waals surface area contributed by atoms with Crippen LogP contribution in [0, 0.1) is 11.3 Å². The van der Waals surface area contributed by atoms with Crippen molar-refractivity contribution in [1.29, 1.82) is 0 Å². The normalized spacial score (nSPS) is 26.0. The Morgan fingerprint density at radius 3 is 2.58 bits per heavy atom. The molecule has 3 atom stereocenters. The van der Waals surface area contributed by atoms with Crippen molar-refractivity contribution >= 4 is 29.2 Å². The highest BCUT2D eigenvalue weighted by molar-refractivity contribution is 7.10. The van der Waals surface area contributed by atoms with Crippen LogP contribution in [0.15, 0.2) is 47.8 Å². The molecule has 2 fully saturated rings. The number of rotatable bonds is 5. The average molecular weight is 440 g/mol. The minimum atomic E-state index is -0.898. The highest BCUT2D eigenvalue weighted by atomic mass is 32.1. The van der Waals surface area contributed by atoms with Gasteiger partial charge in [0, 0.05) is 4.88 Å². The van der Waals surface area contributed by atoms with Gasteiger partial charge in [-0.25, -0.2) is 4.79 Å². The van der Waals surface area contributed by atoms with Gasteiger partial charge in [-0.3, -0.25) is 14.5 Å². The molecule has 1 aromatic heterocycles. The van der Waals surface area contributed by atoms with Gasteiger partial charge in [-0.2, -0.15) is 0 Å². The van der Waals surface area contributed by atoms with Crippen LogP contribution in [-0.2, 0) is 9.59 Å². The molecule has 1 saturated carbocycles. The van der Waals surface area contributed by atoms with Gasteiger partial charge in [0.2, 0.25) is 5.91 Å². The quantitative estimate of drug-likeness (QED) is 0.689. The van der Waals surface area contributed by atoms with E-state index >= 15 is 0 Å². The third-order valence-electron chi connectivity index (χ3n) is 6.19. The van der Waals surface area contributed by atoms with Gasteiger partial charge in [0.25, 0.3) is 5.91 Å². The summed E-state index contributed by atoms with van der Waals surface area (Å²) in [7, 11) is 0. The van der Waals surface area contributed by atoms with Crippen molar-refractivity contribution < 1.29 is 14.4 Å². The number of urea groups is 1. The number of hydrogen-bond donors (Lipinski definition) is 2. The number of nitrogens with zero attached hydrogens (tertiary/aromatic N) is 1. The van der Waals surface area contributed by atoms with Crippen molar-refractivity contribution in [2.24, 2.45) is 11.3 Å². The van der Waals surface area contributed by atoms with Crippen LogP contribution >= 0.6 is 11.3 Å². The van der Waals surface area contributed by atoms with E-state index in [9.17, 15) is 14.4 Å². The minimum Gasteiger partial charge on any atom is -0.343 e. The Hall–Kier alpha value is -2.67. The molecular weight excluding hydrogens is 410 g/mol. The van der Waals surface area contributed by atoms with Gasteiger partial charge in [0.05, 0.1) is 6.04 Å². The Kier molecular flexibility index (Phi) is 5.64. The smallest absolute Gasteiger partial charge is 0.325 e. The van der Waals surface area contributed by atoms with Crippen molar-refractivity contribution in [3.63, 3.8) is 0 Å². The van der Waals surface area contributed by atoms with Crippen molar-refractivity contribution in [3.05, 3.63) is 58.3 Å². The molecule has 0 bridgehead atoms. The number of imide groups is 1. The van der Waals surface area contributed by atoms with E-state index < -0.39 is 11.6 Å². The Morgan fingerprint density at radius 2 is 1.94 bits per heavy atom. The van der Waals surface area contributed by atoms with Gasteiger partial charge in [0.15, 0.2) is 0 Å². The fraction of sp³-hybridized carbons (Fsp3) is 0.458. The van der Waals surface area contributed by atoms with E-state index in [1.54, 1.807) is 11.3 Å². The molecule has 31 heavy (non-hydrogen) atoms. The van der Waals surface area contributed by atoms with Crippen LogP contribution in [0.25, 0.3) is 0 Å². The molecule has 1 aromatic carbocycles. The maximum Gasteiger partial charge on any atom is 0.325 e. The zero-order chi connectivity index (χ0) is 22.2. The van der Waals surface area contributed by atoms with E-state index in [0.29, 0.717) is 18.8 Å². The number of carbonyl (C=O) groups excluding carboxylic acids is 3. The molecule has 4 amide bonds. The van der Waals surface area contributed by atoms with Gasteiger partial charge in [-0.05, 0) is 47.6 Å². The maximum atomic E-state index is 13.3. The van der Waals surface area contributed by atoms with Crippen LogP contribution < -0.4 is 10.6 Å². The average Bonchev–Trinajstić information content (AvgIpc) is 3.29. The molecule has 6 nitrogen and oxygen atoms in total. The molecule has 7 heteroatoms. The Balaban J connectivity index is 1.50. The molecule has 4 rings (SSSR count). The number of nitrogens with one attached hydrogen (secondary N) is 2. The van der Waals surface area contributed by atoms with E-state index in [-0.39, 0.29) is 29.8 Å². The number of hydrogen-bond acceptors (Lipinski definition) is 4. The van der Waals surface area contributed by atoms with Crippen LogP contribution in [0.1, 0.15) is 56.5 Å². The predicted octanol–water partition coefficient (Wildman–Crippen LogP) is 4.09. The van der Waals surface area contributed by atoms with Crippen molar-refractivity contribution in [1.82, 2.24) is 15.5 Å². The summed E-state index contributed by atoms with van der Waals surface area (Å²) < 4.78 is 0. The summed E-state index contributed by atoms with van der Waals surface area (Å²) in [5.74, 6) is -0.311. The van der Waals surface area contributed by atoms with Crippen LogP contribution in [0.4, 0.5) is 4.79 Å². The molecule has 1 aliphatic heterocycles. The summed E-state index contributed by atoms with van der Waals surface area (Å²) in [4.78, 5) is 41.1. The van der Waals surface area contributed by atoms with Gasteiger partial charge < -0.3 is 10.6 Å². The highest BCUT2D eigenvalue weighted by Gasteiger charge is 2.56. The second kappa shape index (κ2) is 8.11. The van der Waals surface area contributed by atoms with Gasteiger partial charge in [-0.1, -0.05) is 57.2 Å². The van der Waals surface area contributed by atoms with Gasteiger partial charge >= 0.3 is 6.03 Å². The lowest BCUT2D eigenvalue weighted by Gasteiger charge is -2.43. The van der Waals surface area contributed by atoms with Gasteiger partial charge in [-0.15, -0.1) is 11.3 Å². The van der Waals surface area contributed by atoms with Crippen LogP contribution in [0.3, 0.4) is 0 Å². The first kappa shape index (κ1) is 21.6. The lowest BCUT2D eigenvalue weighted by molar-refractivity contribution is -0.137. The first-order valence-electron chi connectivity index (χ1n) is 10.7. The second-order valence-corrected chi connectivity index (χ2v) is 10.7. The topological polar surface area (TPSA) is 78.5 Å². The molecule has 1 saturated heterocycles. The molecule has 164 valence electrons. The third-order valence-corrected chi connectivity index (χ3v) is 7.13. The van der Waals surface area contributed by atoms with E-state index in [1.807, 2.05) is 47.8 Å². The first-order valence-corrected chi connectivity index (χ1v) is 11.6. The fourth-order valence-corrected chi connectivity index (χ4v) is 6.22. The number of carbonyl (C=O) groups is 3. The number of amides is 4. The highest BCUT2D eigenvalue weighted by Crippen LogP contribution is 2.46. The van der Waals surface area contributed by atoms with Crippen LogP contribution in [0.5, 0.6) is 0 Å². The Morgan fingerprint density at radius 1 is 1.19 bits per heavy atom. The van der Waals surface area contributed by atoms with Crippen molar-refractivity contribution in [3.8, 4) is 0 Å². The number of benzene rings is 1. The monoisotopic (exact) mass is 439 g/mol. The first-order chi connectivity index (χ1) is 14.7. The van der Waals surface area contributed by atoms with Crippen LogP contribution in [-0.4, -0.2) is 34.8 Å². The summed E-state index contributed by atoms with van der Waals surface area (Å²) in [6.45, 7) is 6.09. The van der Waals surface area contributed by atoms with Crippen molar-refractivity contribution in [2.75, 3.05) is 6.54 Å². The summed E-state index contributed by atoms with van der Waals surface area (Å²) in [6.07, 6.45) is 2.22. The third kappa shape index (κ3) is 4.37. The molecular formula is C24H29N3O3S.